The molecule has 0 amide bonds. The lowest BCUT2D eigenvalue weighted by molar-refractivity contribution is 0.103. The molecule has 4 aromatic carbocycles. The quantitative estimate of drug-likeness (QED) is 0.198. The number of benzene rings is 4. The van der Waals surface area contributed by atoms with E-state index < -0.39 is 61.2 Å². The van der Waals surface area contributed by atoms with Gasteiger partial charge < -0.3 is 0 Å². The third-order valence-corrected chi connectivity index (χ3v) is 9.88. The monoisotopic (exact) mass is 654 g/mol. The van der Waals surface area contributed by atoms with Crippen LogP contribution in [0.25, 0.3) is 0 Å². The van der Waals surface area contributed by atoms with Crippen LogP contribution < -0.4 is 0 Å². The zero-order valence-corrected chi connectivity index (χ0v) is 24.2. The Hall–Kier alpha value is -3.43. The lowest BCUT2D eigenvalue weighted by atomic mass is 10.0. The summed E-state index contributed by atoms with van der Waals surface area (Å²) in [5, 5.41) is -0.284. The molecule has 41 heavy (non-hydrogen) atoms. The lowest BCUT2D eigenvalue weighted by Gasteiger charge is -2.11. The minimum Gasteiger partial charge on any atom is -0.289 e. The molecule has 0 spiro atoms. The maximum Gasteiger partial charge on any atom is 0.294 e. The summed E-state index contributed by atoms with van der Waals surface area (Å²) in [4.78, 5) is 24.4. The van der Waals surface area contributed by atoms with Gasteiger partial charge in [0.25, 0.3) is 20.2 Å². The first-order valence-corrected chi connectivity index (χ1v) is 16.2. The van der Waals surface area contributed by atoms with E-state index >= 15 is 0 Å². The third kappa shape index (κ3) is 6.41. The van der Waals surface area contributed by atoms with E-state index in [1.54, 1.807) is 0 Å². The summed E-state index contributed by atoms with van der Waals surface area (Å²) in [6.07, 6.45) is 0. The molecule has 0 unspecified atom stereocenters. The largest absolute Gasteiger partial charge is 0.294 e. The number of rotatable bonds is 8. The highest BCUT2D eigenvalue weighted by atomic mass is 35.5. The van der Waals surface area contributed by atoms with Crippen molar-refractivity contribution in [3.63, 3.8) is 0 Å². The summed E-state index contributed by atoms with van der Waals surface area (Å²) in [5.41, 5.74) is -0.953. The molecule has 0 aromatic heterocycles. The highest BCUT2D eigenvalue weighted by Gasteiger charge is 2.25. The van der Waals surface area contributed by atoms with E-state index in [2.05, 4.69) is 0 Å². The van der Waals surface area contributed by atoms with Gasteiger partial charge in [0.1, 0.15) is 0 Å². The van der Waals surface area contributed by atoms with Gasteiger partial charge in [0.05, 0.1) is 29.6 Å². The fourth-order valence-electron chi connectivity index (χ4n) is 3.73. The van der Waals surface area contributed by atoms with Crippen LogP contribution in [-0.4, -0.2) is 45.9 Å². The fraction of sp³-hybridized carbons (Fsp3) is 0. The normalized spacial score (nSPS) is 12.2. The smallest absolute Gasteiger partial charge is 0.289 e. The Labute approximate surface area is 244 Å². The minimum atomic E-state index is -4.62. The van der Waals surface area contributed by atoms with Gasteiger partial charge in [0, 0.05) is 22.3 Å². The Morgan fingerprint density at radius 3 is 1.22 bits per heavy atom. The summed E-state index contributed by atoms with van der Waals surface area (Å²) < 4.78 is 91.5. The Morgan fingerprint density at radius 1 is 0.512 bits per heavy atom. The summed E-state index contributed by atoms with van der Waals surface area (Å²) >= 11 is 12.3. The van der Waals surface area contributed by atoms with E-state index in [1.807, 2.05) is 0 Å². The average Bonchev–Trinajstić information content (AvgIpc) is 2.92. The molecule has 4 rings (SSSR count). The predicted octanol–water partition coefficient (Wildman–Crippen LogP) is 4.78. The molecule has 212 valence electrons. The summed E-state index contributed by atoms with van der Waals surface area (Å²) in [7, 11) is -13.7. The van der Waals surface area contributed by atoms with Gasteiger partial charge in [-0.25, -0.2) is 8.42 Å². The van der Waals surface area contributed by atoms with E-state index in [1.165, 1.54) is 24.3 Å². The maximum absolute atomic E-state index is 13.5. The Kier molecular flexibility index (Phi) is 8.26. The molecule has 10 nitrogen and oxygen atoms in total. The van der Waals surface area contributed by atoms with Gasteiger partial charge in [-0.1, -0.05) is 47.5 Å². The second kappa shape index (κ2) is 11.1. The van der Waals surface area contributed by atoms with E-state index in [0.29, 0.717) is 0 Å². The van der Waals surface area contributed by atoms with Crippen LogP contribution >= 0.6 is 23.2 Å². The van der Waals surface area contributed by atoms with E-state index in [0.717, 1.165) is 60.7 Å². The van der Waals surface area contributed by atoms with Crippen LogP contribution in [0.4, 0.5) is 0 Å². The summed E-state index contributed by atoms with van der Waals surface area (Å²) in [5.74, 6) is -1.66. The molecule has 0 aliphatic heterocycles. The van der Waals surface area contributed by atoms with Gasteiger partial charge >= 0.3 is 0 Å². The molecule has 2 N–H and O–H groups in total. The van der Waals surface area contributed by atoms with E-state index in [9.17, 15) is 43.9 Å². The van der Waals surface area contributed by atoms with Crippen molar-refractivity contribution in [2.45, 2.75) is 19.6 Å². The molecular weight excluding hydrogens is 639 g/mol. The van der Waals surface area contributed by atoms with Gasteiger partial charge in [0.2, 0.25) is 9.84 Å². The molecule has 0 heterocycles. The van der Waals surface area contributed by atoms with Crippen molar-refractivity contribution >= 4 is 64.8 Å². The number of carbonyl (C=O) groups excluding carboxylic acids is 2. The molecular formula is C26H16Cl2O10S3. The lowest BCUT2D eigenvalue weighted by Crippen LogP contribution is -2.10. The van der Waals surface area contributed by atoms with Crippen LogP contribution in [0, 0.1) is 0 Å². The minimum absolute atomic E-state index is 0.142. The van der Waals surface area contributed by atoms with Crippen molar-refractivity contribution in [1.29, 1.82) is 0 Å². The third-order valence-electron chi connectivity index (χ3n) is 5.77. The molecule has 0 bridgehead atoms. The molecule has 0 saturated carbocycles. The Morgan fingerprint density at radius 2 is 0.878 bits per heavy atom. The zero-order valence-electron chi connectivity index (χ0n) is 20.2. The van der Waals surface area contributed by atoms with Crippen LogP contribution in [0.2, 0.25) is 10.0 Å². The number of hydrogen-bond donors (Lipinski definition) is 2. The maximum atomic E-state index is 13.5. The Bertz CT molecular complexity index is 1930. The van der Waals surface area contributed by atoms with Crippen molar-refractivity contribution in [3.05, 3.63) is 117 Å². The highest BCUT2D eigenvalue weighted by Crippen LogP contribution is 2.30. The average molecular weight is 656 g/mol. The Balaban J connectivity index is 1.76. The standard InChI is InChI=1S/C26H16Cl2O10S3/c27-23-9-7-17(13-21(23)25(29)15-3-1-5-19(11-15)40(33,34)35)39(31,32)18-8-10-24(28)22(14-18)26(30)16-4-2-6-20(12-16)41(36,37)38/h1-14H,(H,33,34,35)(H,36,37,38). The number of carbonyl (C=O) groups is 2. The second-order valence-corrected chi connectivity index (χ2v) is 14.1. The van der Waals surface area contributed by atoms with Crippen molar-refractivity contribution in [2.24, 2.45) is 0 Å². The molecule has 0 saturated heterocycles. The molecule has 15 heteroatoms. The van der Waals surface area contributed by atoms with Crippen molar-refractivity contribution < 1.29 is 43.9 Å². The summed E-state index contributed by atoms with van der Waals surface area (Å²) in [6, 6.07) is 15.4. The van der Waals surface area contributed by atoms with Gasteiger partial charge in [-0.05, 0) is 60.7 Å². The van der Waals surface area contributed by atoms with Gasteiger partial charge in [0.15, 0.2) is 11.6 Å². The summed E-state index contributed by atoms with van der Waals surface area (Å²) in [6.45, 7) is 0. The SMILES string of the molecule is O=C(c1cccc(S(=O)(=O)O)c1)c1cc(S(=O)(=O)c2ccc(Cl)c(C(=O)c3cccc(S(=O)(=O)O)c3)c2)ccc1Cl. The zero-order chi connectivity index (χ0) is 30.3. The first-order valence-electron chi connectivity index (χ1n) is 11.1. The van der Waals surface area contributed by atoms with E-state index in [-0.39, 0.29) is 32.3 Å². The number of halogens is 2. The number of hydrogen-bond acceptors (Lipinski definition) is 8. The van der Waals surface area contributed by atoms with Crippen LogP contribution in [0.1, 0.15) is 31.8 Å². The van der Waals surface area contributed by atoms with Gasteiger partial charge in [-0.2, -0.15) is 16.8 Å². The van der Waals surface area contributed by atoms with Crippen LogP contribution in [0.3, 0.4) is 0 Å². The second-order valence-electron chi connectivity index (χ2n) is 8.45. The van der Waals surface area contributed by atoms with Crippen molar-refractivity contribution in [1.82, 2.24) is 0 Å². The van der Waals surface area contributed by atoms with E-state index in [4.69, 9.17) is 23.2 Å². The predicted molar refractivity (Wildman–Crippen MR) is 148 cm³/mol. The van der Waals surface area contributed by atoms with Crippen molar-refractivity contribution in [2.75, 3.05) is 0 Å². The number of sulfone groups is 1. The number of ketones is 2. The first kappa shape index (κ1) is 30.5. The molecule has 0 aliphatic carbocycles. The molecule has 0 fully saturated rings. The first-order chi connectivity index (χ1) is 19.0. The molecule has 0 aliphatic rings. The highest BCUT2D eigenvalue weighted by molar-refractivity contribution is 7.91. The van der Waals surface area contributed by atoms with Crippen LogP contribution in [0.15, 0.2) is 105 Å². The van der Waals surface area contributed by atoms with Gasteiger partial charge in [-0.3, -0.25) is 18.7 Å². The van der Waals surface area contributed by atoms with Crippen LogP contribution in [-0.2, 0) is 30.1 Å². The van der Waals surface area contributed by atoms with Crippen LogP contribution in [0.5, 0.6) is 0 Å². The molecule has 0 atom stereocenters. The van der Waals surface area contributed by atoms with Crippen molar-refractivity contribution in [3.8, 4) is 0 Å². The molecule has 4 aromatic rings. The van der Waals surface area contributed by atoms with Gasteiger partial charge in [-0.15, -0.1) is 0 Å². The molecule has 0 radical (unpaired) electrons. The fourth-order valence-corrected chi connectivity index (χ4v) is 6.51. The topological polar surface area (TPSA) is 177 Å².